The van der Waals surface area contributed by atoms with Crippen molar-refractivity contribution in [3.8, 4) is 5.75 Å². The summed E-state index contributed by atoms with van der Waals surface area (Å²) >= 11 is 0. The molecular formula is C13H16O7. The molecule has 0 saturated heterocycles. The SMILES string of the molecule is COC(=O)[C@@H](O)[C@](O)(Cc1ccc(O)cc1)C(=O)OC. The van der Waals surface area contributed by atoms with Gasteiger partial charge in [0.25, 0.3) is 0 Å². The van der Waals surface area contributed by atoms with Crippen LogP contribution in [0, 0.1) is 0 Å². The summed E-state index contributed by atoms with van der Waals surface area (Å²) in [5.74, 6) is -2.32. The molecule has 7 nitrogen and oxygen atoms in total. The number of carbonyl (C=O) groups is 2. The molecule has 0 amide bonds. The van der Waals surface area contributed by atoms with Crippen LogP contribution in [0.3, 0.4) is 0 Å². The van der Waals surface area contributed by atoms with Crippen LogP contribution in [0.1, 0.15) is 5.56 Å². The Bertz CT molecular complexity index is 482. The predicted molar refractivity (Wildman–Crippen MR) is 66.8 cm³/mol. The standard InChI is InChI=1S/C13H16O7/c1-19-11(16)10(15)13(18,12(17)20-2)7-8-3-5-9(14)6-4-8/h3-6,10,14-15,18H,7H2,1-2H3/t10-,13-/m1/s1. The lowest BCUT2D eigenvalue weighted by Crippen LogP contribution is -2.55. The van der Waals surface area contributed by atoms with Gasteiger partial charge in [0.15, 0.2) is 6.10 Å². The van der Waals surface area contributed by atoms with E-state index in [-0.39, 0.29) is 12.2 Å². The lowest BCUT2D eigenvalue weighted by atomic mass is 9.89. The third kappa shape index (κ3) is 3.25. The third-order valence-corrected chi connectivity index (χ3v) is 2.83. The highest BCUT2D eigenvalue weighted by Crippen LogP contribution is 2.22. The fraction of sp³-hybridized carbons (Fsp3) is 0.385. The predicted octanol–water partition coefficient (Wildman–Crippen LogP) is -0.627. The van der Waals surface area contributed by atoms with Crippen molar-refractivity contribution in [3.05, 3.63) is 29.8 Å². The van der Waals surface area contributed by atoms with E-state index in [0.717, 1.165) is 14.2 Å². The van der Waals surface area contributed by atoms with Crippen molar-refractivity contribution in [1.82, 2.24) is 0 Å². The number of phenols is 1. The molecule has 20 heavy (non-hydrogen) atoms. The smallest absolute Gasteiger partial charge is 0.341 e. The van der Waals surface area contributed by atoms with Crippen molar-refractivity contribution in [2.45, 2.75) is 18.1 Å². The van der Waals surface area contributed by atoms with Gasteiger partial charge in [-0.25, -0.2) is 9.59 Å². The minimum absolute atomic E-state index is 0.00359. The van der Waals surface area contributed by atoms with Crippen LogP contribution >= 0.6 is 0 Å². The fourth-order valence-corrected chi connectivity index (χ4v) is 1.69. The van der Waals surface area contributed by atoms with Crippen LogP contribution in [0.15, 0.2) is 24.3 Å². The lowest BCUT2D eigenvalue weighted by molar-refractivity contribution is -0.187. The molecule has 1 rings (SSSR count). The van der Waals surface area contributed by atoms with Gasteiger partial charge in [-0.3, -0.25) is 0 Å². The highest BCUT2D eigenvalue weighted by Gasteiger charge is 2.49. The summed E-state index contributed by atoms with van der Waals surface area (Å²) < 4.78 is 8.73. The molecule has 1 aromatic rings. The summed E-state index contributed by atoms with van der Waals surface area (Å²) in [7, 11) is 2.04. The van der Waals surface area contributed by atoms with Crippen molar-refractivity contribution >= 4 is 11.9 Å². The number of ether oxygens (including phenoxy) is 2. The van der Waals surface area contributed by atoms with Gasteiger partial charge in [-0.2, -0.15) is 0 Å². The number of hydrogen-bond donors (Lipinski definition) is 3. The Labute approximate surface area is 115 Å². The van der Waals surface area contributed by atoms with Gasteiger partial charge in [0.1, 0.15) is 5.75 Å². The van der Waals surface area contributed by atoms with Crippen LogP contribution in [0.5, 0.6) is 5.75 Å². The second-order valence-electron chi connectivity index (χ2n) is 4.18. The Morgan fingerprint density at radius 1 is 1.20 bits per heavy atom. The molecule has 0 aromatic heterocycles. The van der Waals surface area contributed by atoms with Crippen molar-refractivity contribution in [3.63, 3.8) is 0 Å². The van der Waals surface area contributed by atoms with Crippen molar-refractivity contribution < 1.29 is 34.4 Å². The molecule has 0 radical (unpaired) electrons. The molecule has 110 valence electrons. The zero-order valence-electron chi connectivity index (χ0n) is 11.1. The Morgan fingerprint density at radius 2 is 1.75 bits per heavy atom. The van der Waals surface area contributed by atoms with Gasteiger partial charge in [0, 0.05) is 6.42 Å². The first-order chi connectivity index (χ1) is 9.35. The topological polar surface area (TPSA) is 113 Å². The zero-order chi connectivity index (χ0) is 15.3. The number of rotatable bonds is 5. The summed E-state index contributed by atoms with van der Waals surface area (Å²) in [5.41, 5.74) is -2.06. The molecule has 0 aliphatic heterocycles. The summed E-state index contributed by atoms with van der Waals surface area (Å²) in [6, 6.07) is 5.57. The second kappa shape index (κ2) is 6.36. The number of methoxy groups -OCH3 is 2. The summed E-state index contributed by atoms with van der Waals surface area (Å²) in [6.07, 6.45) is -2.47. The van der Waals surface area contributed by atoms with Crippen LogP contribution in [0.2, 0.25) is 0 Å². The van der Waals surface area contributed by atoms with Gasteiger partial charge >= 0.3 is 11.9 Å². The van der Waals surface area contributed by atoms with Gasteiger partial charge in [0.05, 0.1) is 14.2 Å². The number of aliphatic hydroxyl groups is 2. The maximum Gasteiger partial charge on any atom is 0.341 e. The molecule has 0 spiro atoms. The quantitative estimate of drug-likeness (QED) is 0.617. The summed E-state index contributed by atoms with van der Waals surface area (Å²) in [5, 5.41) is 29.2. The Balaban J connectivity index is 3.08. The number of benzene rings is 1. The Hall–Kier alpha value is -2.12. The first-order valence-corrected chi connectivity index (χ1v) is 5.69. The molecule has 0 unspecified atom stereocenters. The van der Waals surface area contributed by atoms with Gasteiger partial charge in [0.2, 0.25) is 5.60 Å². The van der Waals surface area contributed by atoms with Crippen LogP contribution < -0.4 is 0 Å². The zero-order valence-corrected chi connectivity index (χ0v) is 11.1. The number of phenolic OH excluding ortho intramolecular Hbond substituents is 1. The maximum absolute atomic E-state index is 11.7. The molecule has 0 saturated carbocycles. The second-order valence-corrected chi connectivity index (χ2v) is 4.18. The largest absolute Gasteiger partial charge is 0.508 e. The number of hydrogen-bond acceptors (Lipinski definition) is 7. The number of carbonyl (C=O) groups excluding carboxylic acids is 2. The molecule has 7 heteroatoms. The first-order valence-electron chi connectivity index (χ1n) is 5.69. The van der Waals surface area contributed by atoms with Crippen LogP contribution in [-0.4, -0.2) is 53.2 Å². The van der Waals surface area contributed by atoms with Crippen molar-refractivity contribution in [2.75, 3.05) is 14.2 Å². The molecule has 0 aliphatic carbocycles. The highest BCUT2D eigenvalue weighted by atomic mass is 16.6. The fourth-order valence-electron chi connectivity index (χ4n) is 1.69. The average Bonchev–Trinajstić information content (AvgIpc) is 2.46. The van der Waals surface area contributed by atoms with Crippen molar-refractivity contribution in [2.24, 2.45) is 0 Å². The van der Waals surface area contributed by atoms with E-state index < -0.39 is 23.6 Å². The van der Waals surface area contributed by atoms with E-state index in [9.17, 15) is 19.8 Å². The van der Waals surface area contributed by atoms with Gasteiger partial charge < -0.3 is 24.8 Å². The summed E-state index contributed by atoms with van der Waals surface area (Å²) in [6.45, 7) is 0. The highest BCUT2D eigenvalue weighted by molar-refractivity contribution is 5.89. The van der Waals surface area contributed by atoms with E-state index in [1.165, 1.54) is 24.3 Å². The third-order valence-electron chi connectivity index (χ3n) is 2.83. The van der Waals surface area contributed by atoms with Crippen molar-refractivity contribution in [1.29, 1.82) is 0 Å². The van der Waals surface area contributed by atoms with E-state index in [1.807, 2.05) is 0 Å². The van der Waals surface area contributed by atoms with E-state index >= 15 is 0 Å². The molecule has 0 bridgehead atoms. The summed E-state index contributed by atoms with van der Waals surface area (Å²) in [4.78, 5) is 23.0. The van der Waals surface area contributed by atoms with Gasteiger partial charge in [-0.1, -0.05) is 12.1 Å². The van der Waals surface area contributed by atoms with E-state index in [1.54, 1.807) is 0 Å². The molecule has 1 aromatic carbocycles. The molecule has 0 aliphatic rings. The lowest BCUT2D eigenvalue weighted by Gasteiger charge is -2.28. The first kappa shape index (κ1) is 15.9. The number of aromatic hydroxyl groups is 1. The average molecular weight is 284 g/mol. The molecular weight excluding hydrogens is 268 g/mol. The molecule has 0 fully saturated rings. The van der Waals surface area contributed by atoms with Gasteiger partial charge in [-0.05, 0) is 17.7 Å². The monoisotopic (exact) mass is 284 g/mol. The molecule has 0 heterocycles. The Kier molecular flexibility index (Phi) is 5.06. The number of aliphatic hydroxyl groups excluding tert-OH is 1. The number of esters is 2. The van der Waals surface area contributed by atoms with E-state index in [2.05, 4.69) is 9.47 Å². The minimum atomic E-state index is -2.47. The van der Waals surface area contributed by atoms with Crippen LogP contribution in [0.25, 0.3) is 0 Å². The Morgan fingerprint density at radius 3 is 2.20 bits per heavy atom. The van der Waals surface area contributed by atoms with E-state index in [0.29, 0.717) is 5.56 Å². The molecule has 3 N–H and O–H groups in total. The minimum Gasteiger partial charge on any atom is -0.508 e. The maximum atomic E-state index is 11.7. The van der Waals surface area contributed by atoms with Crippen LogP contribution in [0.4, 0.5) is 0 Å². The van der Waals surface area contributed by atoms with E-state index in [4.69, 9.17) is 5.11 Å². The van der Waals surface area contributed by atoms with Gasteiger partial charge in [-0.15, -0.1) is 0 Å². The normalized spacial score (nSPS) is 15.0. The van der Waals surface area contributed by atoms with Crippen LogP contribution in [-0.2, 0) is 25.5 Å². The molecule has 2 atom stereocenters.